The molecule has 1 N–H and O–H groups in total. The first-order chi connectivity index (χ1) is 10.7. The molecular formula is C17H24ClNO4. The smallest absolute Gasteiger partial charge is 0.407 e. The van der Waals surface area contributed by atoms with Crippen LogP contribution in [0.5, 0.6) is 0 Å². The van der Waals surface area contributed by atoms with Crippen LogP contribution in [0.2, 0.25) is 5.02 Å². The molecule has 1 amide bonds. The summed E-state index contributed by atoms with van der Waals surface area (Å²) in [5.74, 6) is -0.612. The highest BCUT2D eigenvalue weighted by molar-refractivity contribution is 6.31. The third-order valence-electron chi connectivity index (χ3n) is 2.96. The predicted molar refractivity (Wildman–Crippen MR) is 89.7 cm³/mol. The number of ether oxygens (including phenoxy) is 2. The van der Waals surface area contributed by atoms with Gasteiger partial charge in [-0.05, 0) is 39.3 Å². The van der Waals surface area contributed by atoms with Gasteiger partial charge in [-0.3, -0.25) is 4.79 Å². The van der Waals surface area contributed by atoms with Crippen LogP contribution in [0.3, 0.4) is 0 Å². The molecule has 0 fully saturated rings. The number of amides is 1. The molecule has 128 valence electrons. The van der Waals surface area contributed by atoms with Gasteiger partial charge in [0.2, 0.25) is 0 Å². The highest BCUT2D eigenvalue weighted by atomic mass is 35.5. The second-order valence-electron chi connectivity index (χ2n) is 6.11. The van der Waals surface area contributed by atoms with E-state index in [0.717, 1.165) is 5.56 Å². The summed E-state index contributed by atoms with van der Waals surface area (Å²) < 4.78 is 10.2. The maximum Gasteiger partial charge on any atom is 0.407 e. The van der Waals surface area contributed by atoms with E-state index in [2.05, 4.69) is 5.32 Å². The third kappa shape index (κ3) is 7.37. The van der Waals surface area contributed by atoms with Crippen molar-refractivity contribution in [3.63, 3.8) is 0 Å². The Kier molecular flexibility index (Phi) is 7.36. The normalized spacial score (nSPS) is 12.4. The van der Waals surface area contributed by atoms with Crippen LogP contribution in [0.1, 0.15) is 45.6 Å². The topological polar surface area (TPSA) is 64.6 Å². The number of nitrogens with one attached hydrogen (secondary N) is 1. The Labute approximate surface area is 142 Å². The van der Waals surface area contributed by atoms with Gasteiger partial charge in [0.1, 0.15) is 5.60 Å². The van der Waals surface area contributed by atoms with E-state index in [0.29, 0.717) is 11.6 Å². The van der Waals surface area contributed by atoms with Crippen molar-refractivity contribution in [3.05, 3.63) is 34.9 Å². The van der Waals surface area contributed by atoms with Gasteiger partial charge >= 0.3 is 12.1 Å². The van der Waals surface area contributed by atoms with Gasteiger partial charge in [-0.25, -0.2) is 4.79 Å². The van der Waals surface area contributed by atoms with E-state index < -0.39 is 11.7 Å². The summed E-state index contributed by atoms with van der Waals surface area (Å²) in [6, 6.07) is 7.24. The molecule has 0 spiro atoms. The van der Waals surface area contributed by atoms with Gasteiger partial charge < -0.3 is 14.8 Å². The Balaban J connectivity index is 2.78. The molecule has 0 heterocycles. The molecule has 0 aliphatic rings. The first-order valence-corrected chi connectivity index (χ1v) is 7.97. The van der Waals surface area contributed by atoms with Crippen LogP contribution in [-0.2, 0) is 14.3 Å². The van der Waals surface area contributed by atoms with Crippen LogP contribution in [0.25, 0.3) is 0 Å². The lowest BCUT2D eigenvalue weighted by Crippen LogP contribution is -2.35. The minimum Gasteiger partial charge on any atom is -0.466 e. The maximum absolute atomic E-state index is 11.8. The van der Waals surface area contributed by atoms with Crippen molar-refractivity contribution in [1.29, 1.82) is 0 Å². The highest BCUT2D eigenvalue weighted by Crippen LogP contribution is 2.27. The molecule has 1 aromatic rings. The molecule has 5 nitrogen and oxygen atoms in total. The molecule has 1 aromatic carbocycles. The Morgan fingerprint density at radius 1 is 1.26 bits per heavy atom. The number of benzene rings is 1. The summed E-state index contributed by atoms with van der Waals surface area (Å²) in [6.07, 6.45) is -0.397. The number of carbonyl (C=O) groups excluding carboxylic acids is 2. The summed E-state index contributed by atoms with van der Waals surface area (Å²) >= 11 is 6.21. The average Bonchev–Trinajstić information content (AvgIpc) is 2.42. The standard InChI is InChI=1S/C17H24ClNO4/c1-5-22-15(20)10-12(13-8-6-7-9-14(13)18)11-19-16(21)23-17(2,3)4/h6-9,12H,5,10-11H2,1-4H3,(H,19,21). The average molecular weight is 342 g/mol. The molecule has 1 atom stereocenters. The van der Waals surface area contributed by atoms with Crippen LogP contribution in [0, 0.1) is 0 Å². The molecule has 0 aliphatic carbocycles. The van der Waals surface area contributed by atoms with Gasteiger partial charge in [-0.2, -0.15) is 0 Å². The van der Waals surface area contributed by atoms with E-state index in [4.69, 9.17) is 21.1 Å². The van der Waals surface area contributed by atoms with Crippen molar-refractivity contribution >= 4 is 23.7 Å². The van der Waals surface area contributed by atoms with Crippen molar-refractivity contribution in [2.75, 3.05) is 13.2 Å². The summed E-state index contributed by atoms with van der Waals surface area (Å²) in [5, 5.41) is 3.23. The first kappa shape index (κ1) is 19.3. The summed E-state index contributed by atoms with van der Waals surface area (Å²) in [4.78, 5) is 23.6. The van der Waals surface area contributed by atoms with E-state index in [1.165, 1.54) is 0 Å². The second-order valence-corrected chi connectivity index (χ2v) is 6.52. The second kappa shape index (κ2) is 8.77. The van der Waals surface area contributed by atoms with E-state index in [9.17, 15) is 9.59 Å². The van der Waals surface area contributed by atoms with Crippen LogP contribution in [-0.4, -0.2) is 30.8 Å². The Morgan fingerprint density at radius 2 is 1.91 bits per heavy atom. The zero-order valence-corrected chi connectivity index (χ0v) is 14.8. The van der Waals surface area contributed by atoms with Crippen molar-refractivity contribution in [2.45, 2.75) is 45.6 Å². The summed E-state index contributed by atoms with van der Waals surface area (Å²) in [6.45, 7) is 7.66. The fraction of sp³-hybridized carbons (Fsp3) is 0.529. The maximum atomic E-state index is 11.8. The Bertz CT molecular complexity index is 540. The van der Waals surface area contributed by atoms with Crippen molar-refractivity contribution < 1.29 is 19.1 Å². The van der Waals surface area contributed by atoms with Crippen molar-refractivity contribution in [1.82, 2.24) is 5.32 Å². The molecule has 0 bridgehead atoms. The van der Waals surface area contributed by atoms with Crippen LogP contribution >= 0.6 is 11.6 Å². The highest BCUT2D eigenvalue weighted by Gasteiger charge is 2.22. The van der Waals surface area contributed by atoms with E-state index in [1.807, 2.05) is 18.2 Å². The number of alkyl carbamates (subject to hydrolysis) is 1. The fourth-order valence-electron chi connectivity index (χ4n) is 2.04. The van der Waals surface area contributed by atoms with Gasteiger partial charge in [-0.1, -0.05) is 29.8 Å². The number of hydrogen-bond acceptors (Lipinski definition) is 4. The molecule has 0 radical (unpaired) electrons. The number of esters is 1. The largest absolute Gasteiger partial charge is 0.466 e. The van der Waals surface area contributed by atoms with Gasteiger partial charge in [-0.15, -0.1) is 0 Å². The SMILES string of the molecule is CCOC(=O)CC(CNC(=O)OC(C)(C)C)c1ccccc1Cl. The quantitative estimate of drug-likeness (QED) is 0.797. The lowest BCUT2D eigenvalue weighted by atomic mass is 9.95. The first-order valence-electron chi connectivity index (χ1n) is 7.60. The van der Waals surface area contributed by atoms with Gasteiger partial charge in [0, 0.05) is 17.5 Å². The minimum atomic E-state index is -0.578. The summed E-state index contributed by atoms with van der Waals surface area (Å²) in [7, 11) is 0. The molecule has 6 heteroatoms. The fourth-order valence-corrected chi connectivity index (χ4v) is 2.33. The molecule has 0 aliphatic heterocycles. The Hall–Kier alpha value is -1.75. The summed E-state index contributed by atoms with van der Waals surface area (Å²) in [5.41, 5.74) is 0.212. The number of rotatable bonds is 6. The van der Waals surface area contributed by atoms with Gasteiger partial charge in [0.25, 0.3) is 0 Å². The lowest BCUT2D eigenvalue weighted by Gasteiger charge is -2.22. The monoisotopic (exact) mass is 341 g/mol. The van der Waals surface area contributed by atoms with E-state index in [1.54, 1.807) is 33.8 Å². The van der Waals surface area contributed by atoms with Crippen molar-refractivity contribution in [3.8, 4) is 0 Å². The zero-order valence-electron chi connectivity index (χ0n) is 14.0. The van der Waals surface area contributed by atoms with Gasteiger partial charge in [0.05, 0.1) is 13.0 Å². The minimum absolute atomic E-state index is 0.132. The van der Waals surface area contributed by atoms with E-state index >= 15 is 0 Å². The van der Waals surface area contributed by atoms with Crippen LogP contribution in [0.15, 0.2) is 24.3 Å². The molecule has 1 rings (SSSR count). The molecule has 0 saturated heterocycles. The number of halogens is 1. The molecule has 0 saturated carbocycles. The number of hydrogen-bond donors (Lipinski definition) is 1. The van der Waals surface area contributed by atoms with Crippen LogP contribution < -0.4 is 5.32 Å². The molecule has 0 aromatic heterocycles. The zero-order chi connectivity index (χ0) is 17.5. The van der Waals surface area contributed by atoms with Crippen molar-refractivity contribution in [2.24, 2.45) is 0 Å². The molecule has 1 unspecified atom stereocenters. The molecule has 23 heavy (non-hydrogen) atoms. The molecular weight excluding hydrogens is 318 g/mol. The number of carbonyl (C=O) groups is 2. The predicted octanol–water partition coefficient (Wildman–Crippen LogP) is 3.90. The Morgan fingerprint density at radius 3 is 2.48 bits per heavy atom. The van der Waals surface area contributed by atoms with E-state index in [-0.39, 0.29) is 24.9 Å². The van der Waals surface area contributed by atoms with Gasteiger partial charge in [0.15, 0.2) is 0 Å². The third-order valence-corrected chi connectivity index (χ3v) is 3.30. The van der Waals surface area contributed by atoms with Crippen LogP contribution in [0.4, 0.5) is 4.79 Å². The lowest BCUT2D eigenvalue weighted by molar-refractivity contribution is -0.143.